The van der Waals surface area contributed by atoms with Crippen LogP contribution in [0.3, 0.4) is 0 Å². The van der Waals surface area contributed by atoms with Crippen molar-refractivity contribution in [3.63, 3.8) is 0 Å². The van der Waals surface area contributed by atoms with Gasteiger partial charge in [-0.05, 0) is 31.9 Å². The lowest BCUT2D eigenvalue weighted by Gasteiger charge is -2.00. The zero-order valence-corrected chi connectivity index (χ0v) is 11.9. The second kappa shape index (κ2) is 5.20. The molecule has 1 heterocycles. The fourth-order valence-electron chi connectivity index (χ4n) is 1.64. The van der Waals surface area contributed by atoms with Crippen LogP contribution in [0.25, 0.3) is 10.2 Å². The molecular weight excluding hydrogens is 266 g/mol. The summed E-state index contributed by atoms with van der Waals surface area (Å²) >= 11 is 1.24. The van der Waals surface area contributed by atoms with Gasteiger partial charge < -0.3 is 0 Å². The van der Waals surface area contributed by atoms with Crippen molar-refractivity contribution in [3.05, 3.63) is 36.4 Å². The molecule has 0 unspecified atom stereocenters. The first-order valence-corrected chi connectivity index (χ1v) is 8.18. The van der Waals surface area contributed by atoms with Crippen molar-refractivity contribution < 1.29 is 8.42 Å². The van der Waals surface area contributed by atoms with E-state index in [-0.39, 0.29) is 10.1 Å². The summed E-state index contributed by atoms with van der Waals surface area (Å²) in [6, 6.07) is 7.47. The highest BCUT2D eigenvalue weighted by Gasteiger charge is 2.18. The van der Waals surface area contributed by atoms with Gasteiger partial charge in [-0.2, -0.15) is 0 Å². The number of thiazole rings is 1. The Kier molecular flexibility index (Phi) is 3.82. The molecule has 0 atom stereocenters. The highest BCUT2D eigenvalue weighted by Crippen LogP contribution is 2.26. The fourth-order valence-corrected chi connectivity index (χ4v) is 4.30. The molecule has 0 spiro atoms. The van der Waals surface area contributed by atoms with Crippen LogP contribution < -0.4 is 0 Å². The van der Waals surface area contributed by atoms with Gasteiger partial charge in [0.15, 0.2) is 0 Å². The average Bonchev–Trinajstić information content (AvgIpc) is 2.72. The number of fused-ring (bicyclic) bond motifs is 1. The van der Waals surface area contributed by atoms with Gasteiger partial charge >= 0.3 is 0 Å². The molecule has 0 fully saturated rings. The molecule has 0 saturated carbocycles. The average molecular weight is 281 g/mol. The highest BCUT2D eigenvalue weighted by atomic mass is 32.2. The minimum absolute atomic E-state index is 0.139. The van der Waals surface area contributed by atoms with E-state index >= 15 is 0 Å². The summed E-state index contributed by atoms with van der Waals surface area (Å²) in [5.74, 6) is 0.139. The largest absolute Gasteiger partial charge is 0.225 e. The van der Waals surface area contributed by atoms with E-state index in [1.165, 1.54) is 11.3 Å². The van der Waals surface area contributed by atoms with Crippen LogP contribution in [-0.2, 0) is 9.84 Å². The number of sulfone groups is 1. The summed E-state index contributed by atoms with van der Waals surface area (Å²) < 4.78 is 25.3. The van der Waals surface area contributed by atoms with Crippen molar-refractivity contribution in [1.29, 1.82) is 0 Å². The number of allylic oxidation sites excluding steroid dienone is 1. The molecule has 0 radical (unpaired) electrons. The van der Waals surface area contributed by atoms with Gasteiger partial charge in [0.1, 0.15) is 0 Å². The molecule has 0 aliphatic heterocycles. The van der Waals surface area contributed by atoms with Gasteiger partial charge in [-0.25, -0.2) is 13.4 Å². The third kappa shape index (κ3) is 2.97. The number of benzene rings is 1. The molecule has 0 aliphatic carbocycles. The number of nitrogens with zero attached hydrogens (tertiary/aromatic N) is 1. The lowest BCUT2D eigenvalue weighted by molar-refractivity contribution is 0.592. The Morgan fingerprint density at radius 3 is 2.78 bits per heavy atom. The third-order valence-electron chi connectivity index (χ3n) is 2.56. The van der Waals surface area contributed by atoms with Crippen molar-refractivity contribution in [2.24, 2.45) is 0 Å². The fraction of sp³-hybridized carbons (Fsp3) is 0.308. The van der Waals surface area contributed by atoms with Crippen molar-refractivity contribution in [2.45, 2.75) is 24.1 Å². The number of rotatable bonds is 5. The Balaban J connectivity index is 2.21. The Hall–Kier alpha value is -1.20. The molecule has 0 bridgehead atoms. The SMILES string of the molecule is C=C(C)CCCS(=O)(=O)c1nc2ccccc2s1. The first kappa shape index (κ1) is 13.2. The first-order chi connectivity index (χ1) is 8.49. The second-order valence-electron chi connectivity index (χ2n) is 4.33. The summed E-state index contributed by atoms with van der Waals surface area (Å²) in [5, 5.41) is 0. The Labute approximate surface area is 111 Å². The third-order valence-corrected chi connectivity index (χ3v) is 5.85. The van der Waals surface area contributed by atoms with Gasteiger partial charge in [-0.1, -0.05) is 17.7 Å². The van der Waals surface area contributed by atoms with Gasteiger partial charge in [0.2, 0.25) is 14.2 Å². The summed E-state index contributed by atoms with van der Waals surface area (Å²) in [5.41, 5.74) is 1.76. The van der Waals surface area contributed by atoms with Gasteiger partial charge in [0.05, 0.1) is 16.0 Å². The zero-order valence-electron chi connectivity index (χ0n) is 10.2. The Morgan fingerprint density at radius 1 is 1.39 bits per heavy atom. The van der Waals surface area contributed by atoms with Crippen molar-refractivity contribution in [1.82, 2.24) is 4.98 Å². The maximum atomic E-state index is 12.1. The van der Waals surface area contributed by atoms with Gasteiger partial charge in [0, 0.05) is 0 Å². The summed E-state index contributed by atoms with van der Waals surface area (Å²) in [6.07, 6.45) is 1.34. The maximum absolute atomic E-state index is 12.1. The molecule has 0 saturated heterocycles. The normalized spacial score (nSPS) is 11.8. The Morgan fingerprint density at radius 2 is 2.11 bits per heavy atom. The maximum Gasteiger partial charge on any atom is 0.210 e. The van der Waals surface area contributed by atoms with E-state index in [0.717, 1.165) is 22.2 Å². The lowest BCUT2D eigenvalue weighted by atomic mass is 10.2. The molecule has 0 amide bonds. The Bertz CT molecular complexity index is 638. The van der Waals surface area contributed by atoms with E-state index < -0.39 is 9.84 Å². The van der Waals surface area contributed by atoms with E-state index in [1.54, 1.807) is 0 Å². The van der Waals surface area contributed by atoms with Gasteiger partial charge in [0.25, 0.3) is 0 Å². The van der Waals surface area contributed by atoms with Crippen LogP contribution in [0.2, 0.25) is 0 Å². The molecule has 1 aromatic carbocycles. The van der Waals surface area contributed by atoms with E-state index in [2.05, 4.69) is 11.6 Å². The van der Waals surface area contributed by atoms with Crippen molar-refractivity contribution in [3.8, 4) is 0 Å². The quantitative estimate of drug-likeness (QED) is 0.789. The van der Waals surface area contributed by atoms with Crippen molar-refractivity contribution >= 4 is 31.4 Å². The van der Waals surface area contributed by atoms with Crippen LogP contribution in [0.1, 0.15) is 19.8 Å². The second-order valence-corrected chi connectivity index (χ2v) is 7.64. The first-order valence-electron chi connectivity index (χ1n) is 5.72. The van der Waals surface area contributed by atoms with Crippen LogP contribution in [0.15, 0.2) is 40.8 Å². The predicted molar refractivity (Wildman–Crippen MR) is 75.7 cm³/mol. The van der Waals surface area contributed by atoms with Crippen LogP contribution in [0.5, 0.6) is 0 Å². The molecule has 96 valence electrons. The molecule has 3 nitrogen and oxygen atoms in total. The van der Waals surface area contributed by atoms with Crippen molar-refractivity contribution in [2.75, 3.05) is 5.75 Å². The summed E-state index contributed by atoms with van der Waals surface area (Å²) in [7, 11) is -3.25. The smallest absolute Gasteiger partial charge is 0.210 e. The van der Waals surface area contributed by atoms with E-state index in [9.17, 15) is 8.42 Å². The van der Waals surface area contributed by atoms with E-state index in [0.29, 0.717) is 6.42 Å². The summed E-state index contributed by atoms with van der Waals surface area (Å²) in [4.78, 5) is 4.19. The zero-order chi connectivity index (χ0) is 13.2. The number of para-hydroxylation sites is 1. The molecule has 1 aromatic heterocycles. The van der Waals surface area contributed by atoms with Crippen LogP contribution >= 0.6 is 11.3 Å². The molecule has 0 N–H and O–H groups in total. The predicted octanol–water partition coefficient (Wildman–Crippen LogP) is 3.43. The van der Waals surface area contributed by atoms with E-state index in [1.807, 2.05) is 31.2 Å². The minimum atomic E-state index is -3.25. The van der Waals surface area contributed by atoms with E-state index in [4.69, 9.17) is 0 Å². The molecule has 0 aliphatic rings. The minimum Gasteiger partial charge on any atom is -0.225 e. The number of aromatic nitrogens is 1. The molecule has 2 rings (SSSR count). The highest BCUT2D eigenvalue weighted by molar-refractivity contribution is 7.93. The summed E-state index contributed by atoms with van der Waals surface area (Å²) in [6.45, 7) is 5.68. The lowest BCUT2D eigenvalue weighted by Crippen LogP contribution is -2.06. The standard InChI is InChI=1S/C13H15NO2S2/c1-10(2)6-5-9-18(15,16)13-14-11-7-3-4-8-12(11)17-13/h3-4,7-8H,1,5-6,9H2,2H3. The molecular formula is C13H15NO2S2. The number of hydrogen-bond donors (Lipinski definition) is 0. The number of hydrogen-bond acceptors (Lipinski definition) is 4. The molecule has 5 heteroatoms. The van der Waals surface area contributed by atoms with Crippen LogP contribution in [0.4, 0.5) is 0 Å². The van der Waals surface area contributed by atoms with Gasteiger partial charge in [-0.3, -0.25) is 0 Å². The topological polar surface area (TPSA) is 47.0 Å². The molecule has 2 aromatic rings. The van der Waals surface area contributed by atoms with Crippen LogP contribution in [-0.4, -0.2) is 19.2 Å². The molecule has 18 heavy (non-hydrogen) atoms. The monoisotopic (exact) mass is 281 g/mol. The van der Waals surface area contributed by atoms with Crippen LogP contribution in [0, 0.1) is 0 Å². The van der Waals surface area contributed by atoms with Gasteiger partial charge in [-0.15, -0.1) is 17.9 Å².